The quantitative estimate of drug-likeness (QED) is 0.314. The number of hydrogen-bond donors (Lipinski definition) is 2. The molecule has 0 fully saturated rings. The zero-order valence-electron chi connectivity index (χ0n) is 19.7. The largest absolute Gasteiger partial charge is 0.507 e. The minimum absolute atomic E-state index is 0.190. The van der Waals surface area contributed by atoms with E-state index in [0.717, 1.165) is 22.4 Å². The predicted molar refractivity (Wildman–Crippen MR) is 131 cm³/mol. The van der Waals surface area contributed by atoms with Gasteiger partial charge in [0.15, 0.2) is 5.78 Å². The molecule has 0 heterocycles. The van der Waals surface area contributed by atoms with Gasteiger partial charge in [-0.25, -0.2) is 4.79 Å². The molecule has 3 rings (SSSR count). The first-order chi connectivity index (χ1) is 16.2. The highest BCUT2D eigenvalue weighted by Gasteiger charge is 2.25. The van der Waals surface area contributed by atoms with Gasteiger partial charge in [-0.3, -0.25) is 4.79 Å². The zero-order chi connectivity index (χ0) is 24.8. The van der Waals surface area contributed by atoms with Crippen LogP contribution in [0.3, 0.4) is 0 Å². The monoisotopic (exact) mass is 460 g/mol. The van der Waals surface area contributed by atoms with Crippen molar-refractivity contribution in [1.29, 1.82) is 0 Å². The lowest BCUT2D eigenvalue weighted by molar-refractivity contribution is 0.0692. The molecule has 0 saturated heterocycles. The van der Waals surface area contributed by atoms with Crippen molar-refractivity contribution in [2.75, 3.05) is 14.2 Å². The molecule has 2 N–H and O–H groups in total. The van der Waals surface area contributed by atoms with Crippen LogP contribution < -0.4 is 9.47 Å². The van der Waals surface area contributed by atoms with Crippen molar-refractivity contribution in [2.45, 2.75) is 26.7 Å². The number of methoxy groups -OCH3 is 2. The molecule has 0 aliphatic rings. The average Bonchev–Trinajstić information content (AvgIpc) is 2.82. The summed E-state index contributed by atoms with van der Waals surface area (Å²) in [6.45, 7) is 3.86. The van der Waals surface area contributed by atoms with E-state index in [0.29, 0.717) is 23.3 Å². The number of ether oxygens (including phenoxy) is 2. The highest BCUT2D eigenvalue weighted by atomic mass is 16.5. The predicted octanol–water partition coefficient (Wildman–Crippen LogP) is 5.71. The van der Waals surface area contributed by atoms with Gasteiger partial charge >= 0.3 is 5.97 Å². The van der Waals surface area contributed by atoms with Crippen LogP contribution in [0.2, 0.25) is 0 Å². The van der Waals surface area contributed by atoms with Gasteiger partial charge in [0.2, 0.25) is 0 Å². The molecule has 3 aromatic carbocycles. The highest BCUT2D eigenvalue weighted by Crippen LogP contribution is 2.35. The minimum Gasteiger partial charge on any atom is -0.507 e. The van der Waals surface area contributed by atoms with Crippen molar-refractivity contribution in [1.82, 2.24) is 0 Å². The van der Waals surface area contributed by atoms with Crippen LogP contribution in [-0.4, -0.2) is 36.2 Å². The van der Waals surface area contributed by atoms with Crippen molar-refractivity contribution in [3.05, 3.63) is 88.5 Å². The summed E-state index contributed by atoms with van der Waals surface area (Å²) in [4.78, 5) is 25.3. The molecule has 0 aliphatic heterocycles. The normalized spacial score (nSPS) is 10.5. The maximum atomic E-state index is 13.3. The third-order valence-corrected chi connectivity index (χ3v) is 5.58. The van der Waals surface area contributed by atoms with Crippen LogP contribution in [0.1, 0.15) is 45.7 Å². The molecule has 0 atom stereocenters. The first-order valence-electron chi connectivity index (χ1n) is 10.8. The van der Waals surface area contributed by atoms with Gasteiger partial charge in [0.05, 0.1) is 14.2 Å². The number of benzene rings is 3. The fraction of sp³-hybridized carbons (Fsp3) is 0.214. The van der Waals surface area contributed by atoms with E-state index >= 15 is 0 Å². The lowest BCUT2D eigenvalue weighted by Gasteiger charge is -2.17. The van der Waals surface area contributed by atoms with E-state index in [1.54, 1.807) is 25.3 Å². The molecule has 0 spiro atoms. The molecule has 0 saturated carbocycles. The van der Waals surface area contributed by atoms with Gasteiger partial charge in [-0.05, 0) is 55.2 Å². The Morgan fingerprint density at radius 1 is 0.912 bits per heavy atom. The number of rotatable bonds is 9. The molecular weight excluding hydrogens is 432 g/mol. The maximum absolute atomic E-state index is 13.3. The topological polar surface area (TPSA) is 93.1 Å². The highest BCUT2D eigenvalue weighted by molar-refractivity contribution is 6.02. The number of Topliss-reactive ketones (excluding diaryl/α,β-unsaturated/α-hetero) is 1. The number of aromatic carboxylic acids is 1. The van der Waals surface area contributed by atoms with Crippen LogP contribution in [0.4, 0.5) is 0 Å². The van der Waals surface area contributed by atoms with Crippen molar-refractivity contribution in [2.24, 2.45) is 0 Å². The minimum atomic E-state index is -1.30. The van der Waals surface area contributed by atoms with Gasteiger partial charge in [-0.1, -0.05) is 42.0 Å². The van der Waals surface area contributed by atoms with Gasteiger partial charge in [0, 0.05) is 23.6 Å². The van der Waals surface area contributed by atoms with Crippen LogP contribution in [0.5, 0.6) is 17.2 Å². The van der Waals surface area contributed by atoms with Crippen molar-refractivity contribution >= 4 is 11.8 Å². The second-order valence-electron chi connectivity index (χ2n) is 8.13. The van der Waals surface area contributed by atoms with E-state index in [1.807, 2.05) is 50.3 Å². The Morgan fingerprint density at radius 2 is 1.62 bits per heavy atom. The zero-order valence-corrected chi connectivity index (χ0v) is 19.7. The third-order valence-electron chi connectivity index (χ3n) is 5.58. The Labute approximate surface area is 199 Å². The fourth-order valence-corrected chi connectivity index (χ4v) is 3.80. The van der Waals surface area contributed by atoms with Crippen LogP contribution in [-0.2, 0) is 12.8 Å². The first-order valence-corrected chi connectivity index (χ1v) is 10.8. The Bertz CT molecular complexity index is 1230. The number of ketones is 1. The van der Waals surface area contributed by atoms with Crippen LogP contribution in [0, 0.1) is 0 Å². The number of carbonyl (C=O) groups excluding carboxylic acids is 1. The number of carbonyl (C=O) groups is 2. The third kappa shape index (κ3) is 5.46. The lowest BCUT2D eigenvalue weighted by atomic mass is 9.90. The molecular formula is C28H28O6. The summed E-state index contributed by atoms with van der Waals surface area (Å²) in [5, 5.41) is 20.2. The second-order valence-corrected chi connectivity index (χ2v) is 8.13. The van der Waals surface area contributed by atoms with Crippen LogP contribution in [0.15, 0.2) is 66.2 Å². The molecule has 0 radical (unpaired) electrons. The standard InChI is InChI=1S/C28H28O6/c1-17(2)8-13-22-23(27(28(31)32)25(30)16-26(22)34-4)15-24(29)20-7-5-6-19(14-20)18-9-11-21(33-3)12-10-18/h5-12,14,16,30H,13,15H2,1-4H3,(H,31,32). The number of aromatic hydroxyl groups is 1. The summed E-state index contributed by atoms with van der Waals surface area (Å²) in [6.07, 6.45) is 2.11. The van der Waals surface area contributed by atoms with E-state index in [-0.39, 0.29) is 23.3 Å². The van der Waals surface area contributed by atoms with Crippen LogP contribution in [0.25, 0.3) is 11.1 Å². The molecule has 6 heteroatoms. The smallest absolute Gasteiger partial charge is 0.339 e. The molecule has 0 aromatic heterocycles. The lowest BCUT2D eigenvalue weighted by Crippen LogP contribution is -2.13. The van der Waals surface area contributed by atoms with E-state index in [4.69, 9.17) is 9.47 Å². The number of allylic oxidation sites excluding steroid dienone is 2. The summed E-state index contributed by atoms with van der Waals surface area (Å²) < 4.78 is 10.6. The van der Waals surface area contributed by atoms with Crippen LogP contribution >= 0.6 is 0 Å². The van der Waals surface area contributed by atoms with Gasteiger partial charge < -0.3 is 19.7 Å². The summed E-state index contributed by atoms with van der Waals surface area (Å²) in [5.41, 5.74) is 3.80. The van der Waals surface area contributed by atoms with Crippen molar-refractivity contribution in [3.63, 3.8) is 0 Å². The van der Waals surface area contributed by atoms with Gasteiger partial charge in [-0.2, -0.15) is 0 Å². The Morgan fingerprint density at radius 3 is 2.21 bits per heavy atom. The summed E-state index contributed by atoms with van der Waals surface area (Å²) in [6, 6.07) is 16.0. The molecule has 0 aliphatic carbocycles. The maximum Gasteiger partial charge on any atom is 0.339 e. The molecule has 3 aromatic rings. The molecule has 0 bridgehead atoms. The van der Waals surface area contributed by atoms with Gasteiger partial charge in [-0.15, -0.1) is 0 Å². The summed E-state index contributed by atoms with van der Waals surface area (Å²) in [7, 11) is 3.05. The number of carboxylic acid groups (broad SMARTS) is 1. The molecule has 176 valence electrons. The van der Waals surface area contributed by atoms with Crippen molar-refractivity contribution in [3.8, 4) is 28.4 Å². The van der Waals surface area contributed by atoms with E-state index in [9.17, 15) is 19.8 Å². The van der Waals surface area contributed by atoms with Gasteiger partial charge in [0.25, 0.3) is 0 Å². The fourth-order valence-electron chi connectivity index (χ4n) is 3.80. The molecule has 6 nitrogen and oxygen atoms in total. The summed E-state index contributed by atoms with van der Waals surface area (Å²) in [5.74, 6) is -0.911. The Balaban J connectivity index is 2.04. The Kier molecular flexibility index (Phi) is 7.74. The van der Waals surface area contributed by atoms with E-state index in [1.165, 1.54) is 13.2 Å². The molecule has 0 unspecified atom stereocenters. The van der Waals surface area contributed by atoms with E-state index in [2.05, 4.69) is 0 Å². The Hall–Kier alpha value is -4.06. The molecule has 34 heavy (non-hydrogen) atoms. The average molecular weight is 461 g/mol. The molecule has 0 amide bonds. The number of carboxylic acids is 1. The SMILES string of the molecule is COc1ccc(-c2cccc(C(=O)Cc3c(CC=C(C)C)c(OC)cc(O)c3C(=O)O)c2)cc1. The number of phenols is 1. The number of hydrogen-bond acceptors (Lipinski definition) is 5. The summed E-state index contributed by atoms with van der Waals surface area (Å²) >= 11 is 0. The first kappa shape index (κ1) is 24.6. The van der Waals surface area contributed by atoms with Crippen molar-refractivity contribution < 1.29 is 29.3 Å². The van der Waals surface area contributed by atoms with E-state index < -0.39 is 11.7 Å². The second kappa shape index (κ2) is 10.7. The van der Waals surface area contributed by atoms with Gasteiger partial charge in [0.1, 0.15) is 22.8 Å².